The molecule has 3 aliphatic rings. The van der Waals surface area contributed by atoms with Crippen LogP contribution in [0.15, 0.2) is 0 Å². The lowest BCUT2D eigenvalue weighted by molar-refractivity contribution is 0.0770. The number of ether oxygens (including phenoxy) is 1. The molecule has 1 aliphatic carbocycles. The number of nitrogens with zero attached hydrogens (tertiary/aromatic N) is 1. The van der Waals surface area contributed by atoms with Gasteiger partial charge in [0.15, 0.2) is 0 Å². The lowest BCUT2D eigenvalue weighted by Gasteiger charge is -2.37. The van der Waals surface area contributed by atoms with Crippen molar-refractivity contribution < 1.29 is 9.53 Å². The van der Waals surface area contributed by atoms with E-state index in [0.717, 1.165) is 45.1 Å². The largest absolute Gasteiger partial charge is 0.381 e. The molecule has 0 aromatic heterocycles. The van der Waals surface area contributed by atoms with Crippen LogP contribution in [0, 0.1) is 5.92 Å². The van der Waals surface area contributed by atoms with Gasteiger partial charge in [0, 0.05) is 37.1 Å². The number of hydrogen-bond donors (Lipinski definition) is 1. The molecule has 5 heteroatoms. The van der Waals surface area contributed by atoms with Gasteiger partial charge in [-0.15, -0.1) is 0 Å². The minimum Gasteiger partial charge on any atom is -0.381 e. The Balaban J connectivity index is 1.54. The van der Waals surface area contributed by atoms with E-state index in [9.17, 15) is 4.79 Å². The zero-order valence-electron chi connectivity index (χ0n) is 13.1. The maximum atomic E-state index is 12.6. The van der Waals surface area contributed by atoms with E-state index in [1.807, 2.05) is 11.8 Å². The first-order chi connectivity index (χ1) is 10.2. The molecule has 0 aromatic rings. The van der Waals surface area contributed by atoms with E-state index in [0.29, 0.717) is 6.04 Å². The molecule has 1 N–H and O–H groups in total. The lowest BCUT2D eigenvalue weighted by Crippen LogP contribution is -2.50. The van der Waals surface area contributed by atoms with E-state index < -0.39 is 0 Å². The second-order valence-corrected chi connectivity index (χ2v) is 8.03. The maximum Gasteiger partial charge on any atom is 0.317 e. The van der Waals surface area contributed by atoms with Crippen molar-refractivity contribution in [3.63, 3.8) is 0 Å². The monoisotopic (exact) mass is 312 g/mol. The van der Waals surface area contributed by atoms with E-state index in [1.165, 1.54) is 32.1 Å². The first-order valence-corrected chi connectivity index (χ1v) is 9.64. The summed E-state index contributed by atoms with van der Waals surface area (Å²) in [6, 6.07) is 0.683. The molecule has 0 bridgehead atoms. The number of nitrogens with one attached hydrogen (secondary N) is 1. The van der Waals surface area contributed by atoms with Crippen LogP contribution < -0.4 is 5.32 Å². The Hall–Kier alpha value is -0.420. The van der Waals surface area contributed by atoms with E-state index in [4.69, 9.17) is 4.74 Å². The van der Waals surface area contributed by atoms with Gasteiger partial charge in [0.2, 0.25) is 0 Å². The van der Waals surface area contributed by atoms with E-state index >= 15 is 0 Å². The van der Waals surface area contributed by atoms with Crippen LogP contribution in [0.1, 0.15) is 44.9 Å². The predicted molar refractivity (Wildman–Crippen MR) is 86.8 cm³/mol. The highest BCUT2D eigenvalue weighted by Gasteiger charge is 2.39. The highest BCUT2D eigenvalue weighted by molar-refractivity contribution is 8.00. The Bertz CT molecular complexity index is 371. The Morgan fingerprint density at radius 3 is 2.81 bits per heavy atom. The summed E-state index contributed by atoms with van der Waals surface area (Å²) in [5.74, 6) is 0.766. The van der Waals surface area contributed by atoms with Crippen LogP contribution in [-0.2, 0) is 4.74 Å². The summed E-state index contributed by atoms with van der Waals surface area (Å²) in [6.07, 6.45) is 10.6. The quantitative estimate of drug-likeness (QED) is 0.871. The molecule has 3 fully saturated rings. The van der Waals surface area contributed by atoms with Crippen LogP contribution in [0.4, 0.5) is 4.79 Å². The highest BCUT2D eigenvalue weighted by Crippen LogP contribution is 2.36. The minimum atomic E-state index is 0.171. The molecule has 0 aromatic carbocycles. The third-order valence-electron chi connectivity index (χ3n) is 5.67. The molecule has 1 saturated carbocycles. The molecule has 0 unspecified atom stereocenters. The number of amides is 2. The zero-order valence-corrected chi connectivity index (χ0v) is 13.9. The van der Waals surface area contributed by atoms with Gasteiger partial charge >= 0.3 is 6.03 Å². The number of likely N-dealkylation sites (tertiary alicyclic amines) is 1. The fraction of sp³-hybridized carbons (Fsp3) is 0.938. The number of fused-ring (bicyclic) bond motifs is 1. The summed E-state index contributed by atoms with van der Waals surface area (Å²) in [5, 5.41) is 3.23. The second kappa shape index (κ2) is 6.78. The zero-order chi connectivity index (χ0) is 14.7. The molecule has 0 spiro atoms. The molecule has 2 saturated heterocycles. The Kier molecular flexibility index (Phi) is 4.99. The number of carbonyl (C=O) groups excluding carboxylic acids is 1. The first-order valence-electron chi connectivity index (χ1n) is 8.41. The number of urea groups is 1. The third-order valence-corrected chi connectivity index (χ3v) is 7.09. The van der Waals surface area contributed by atoms with Crippen molar-refractivity contribution in [1.82, 2.24) is 10.2 Å². The van der Waals surface area contributed by atoms with Gasteiger partial charge in [-0.3, -0.25) is 0 Å². The summed E-state index contributed by atoms with van der Waals surface area (Å²) in [5.41, 5.74) is 0. The topological polar surface area (TPSA) is 41.6 Å². The molecule has 2 atom stereocenters. The van der Waals surface area contributed by atoms with Crippen molar-refractivity contribution in [2.75, 3.05) is 32.6 Å². The molecular weight excluding hydrogens is 284 g/mol. The molecule has 2 amide bonds. The molecule has 3 rings (SSSR count). The summed E-state index contributed by atoms with van der Waals surface area (Å²) >= 11 is 1.89. The average molecular weight is 312 g/mol. The van der Waals surface area contributed by atoms with Crippen LogP contribution in [0.25, 0.3) is 0 Å². The molecule has 120 valence electrons. The SMILES string of the molecule is CSC1(CNC(=O)N2CC[C@@H]3CCCC[C@H]32)CCOCC1. The third kappa shape index (κ3) is 3.34. The van der Waals surface area contributed by atoms with Crippen LogP contribution in [0.5, 0.6) is 0 Å². The highest BCUT2D eigenvalue weighted by atomic mass is 32.2. The van der Waals surface area contributed by atoms with E-state index in [2.05, 4.69) is 16.5 Å². The number of carbonyl (C=O) groups is 1. The van der Waals surface area contributed by atoms with Crippen molar-refractivity contribution in [3.05, 3.63) is 0 Å². The van der Waals surface area contributed by atoms with Crippen molar-refractivity contribution in [2.45, 2.75) is 55.7 Å². The smallest absolute Gasteiger partial charge is 0.317 e. The summed E-state index contributed by atoms with van der Waals surface area (Å²) < 4.78 is 5.65. The van der Waals surface area contributed by atoms with Crippen LogP contribution in [-0.4, -0.2) is 54.3 Å². The Morgan fingerprint density at radius 2 is 2.05 bits per heavy atom. The van der Waals surface area contributed by atoms with Gasteiger partial charge in [0.25, 0.3) is 0 Å². The molecule has 4 nitrogen and oxygen atoms in total. The number of rotatable bonds is 3. The van der Waals surface area contributed by atoms with Crippen molar-refractivity contribution in [1.29, 1.82) is 0 Å². The van der Waals surface area contributed by atoms with Crippen molar-refractivity contribution in [2.24, 2.45) is 5.92 Å². The maximum absolute atomic E-state index is 12.6. The van der Waals surface area contributed by atoms with Gasteiger partial charge < -0.3 is 15.0 Å². The van der Waals surface area contributed by atoms with Crippen molar-refractivity contribution in [3.8, 4) is 0 Å². The van der Waals surface area contributed by atoms with Gasteiger partial charge in [0.05, 0.1) is 0 Å². The van der Waals surface area contributed by atoms with Crippen LogP contribution in [0.3, 0.4) is 0 Å². The van der Waals surface area contributed by atoms with Gasteiger partial charge in [-0.05, 0) is 44.3 Å². The second-order valence-electron chi connectivity index (χ2n) is 6.75. The van der Waals surface area contributed by atoms with Gasteiger partial charge in [-0.25, -0.2) is 4.79 Å². The molecule has 21 heavy (non-hydrogen) atoms. The first kappa shape index (κ1) is 15.5. The van der Waals surface area contributed by atoms with Crippen LogP contribution >= 0.6 is 11.8 Å². The van der Waals surface area contributed by atoms with Gasteiger partial charge in [-0.2, -0.15) is 11.8 Å². The van der Waals surface area contributed by atoms with Gasteiger partial charge in [0.1, 0.15) is 0 Å². The standard InChI is InChI=1S/C16H28N2O2S/c1-21-16(7-10-20-11-8-16)12-17-15(19)18-9-6-13-4-2-3-5-14(13)18/h13-14H,2-12H2,1H3,(H,17,19)/t13-,14+/m0/s1. The summed E-state index contributed by atoms with van der Waals surface area (Å²) in [4.78, 5) is 14.7. The van der Waals surface area contributed by atoms with Gasteiger partial charge in [-0.1, -0.05) is 12.8 Å². The Labute approximate surface area is 132 Å². The number of hydrogen-bond acceptors (Lipinski definition) is 3. The molecule has 2 aliphatic heterocycles. The fourth-order valence-corrected chi connectivity index (χ4v) is 4.98. The van der Waals surface area contributed by atoms with E-state index in [1.54, 1.807) is 0 Å². The molecular formula is C16H28N2O2S. The molecule has 2 heterocycles. The predicted octanol–water partition coefficient (Wildman–Crippen LogP) is 2.87. The Morgan fingerprint density at radius 1 is 1.29 bits per heavy atom. The van der Waals surface area contributed by atoms with Crippen LogP contribution in [0.2, 0.25) is 0 Å². The summed E-state index contributed by atoms with van der Waals surface area (Å²) in [7, 11) is 0. The van der Waals surface area contributed by atoms with E-state index in [-0.39, 0.29) is 10.8 Å². The normalized spacial score (nSPS) is 31.8. The lowest BCUT2D eigenvalue weighted by atomic mass is 9.85. The fourth-order valence-electron chi connectivity index (χ4n) is 4.19. The van der Waals surface area contributed by atoms with Crippen molar-refractivity contribution >= 4 is 17.8 Å². The molecule has 0 radical (unpaired) electrons. The minimum absolute atomic E-state index is 0.171. The summed E-state index contributed by atoms with van der Waals surface area (Å²) in [6.45, 7) is 3.39. The average Bonchev–Trinajstić information content (AvgIpc) is 2.98. The number of thioether (sulfide) groups is 1.